The van der Waals surface area contributed by atoms with Crippen molar-refractivity contribution < 1.29 is 9.59 Å². The van der Waals surface area contributed by atoms with Crippen LogP contribution in [0.4, 0.5) is 5.69 Å². The summed E-state index contributed by atoms with van der Waals surface area (Å²) in [5.41, 5.74) is 1.90. The van der Waals surface area contributed by atoms with E-state index in [1.165, 1.54) is 11.5 Å². The van der Waals surface area contributed by atoms with Crippen LogP contribution >= 0.6 is 11.3 Å². The highest BCUT2D eigenvalue weighted by Gasteiger charge is 2.12. The largest absolute Gasteiger partial charge is 0.326 e. The normalized spacial score (nSPS) is 10.7. The number of nitrogens with zero attached hydrogens (tertiary/aromatic N) is 1. The lowest BCUT2D eigenvalue weighted by atomic mass is 10.1. The zero-order chi connectivity index (χ0) is 16.4. The van der Waals surface area contributed by atoms with Gasteiger partial charge in [0.25, 0.3) is 0 Å². The maximum absolute atomic E-state index is 12.4. The van der Waals surface area contributed by atoms with Crippen LogP contribution in [0, 0.1) is 0 Å². The minimum absolute atomic E-state index is 0.00231. The van der Waals surface area contributed by atoms with Gasteiger partial charge in [-0.3, -0.25) is 19.0 Å². The molecule has 0 fully saturated rings. The van der Waals surface area contributed by atoms with Crippen molar-refractivity contribution in [3.8, 4) is 0 Å². The molecule has 2 aromatic carbocycles. The molecule has 0 unspecified atom stereocenters. The molecule has 0 aliphatic heterocycles. The van der Waals surface area contributed by atoms with Gasteiger partial charge in [-0.05, 0) is 36.4 Å². The Bertz CT molecular complexity index is 938. The smallest absolute Gasteiger partial charge is 0.308 e. The summed E-state index contributed by atoms with van der Waals surface area (Å²) in [4.78, 5) is 35.3. The fourth-order valence-electron chi connectivity index (χ4n) is 2.34. The standard InChI is InChI=1S/C17H14N2O3S/c1-11(20)18-13-8-6-12(7-9-13)15(21)10-19-14-4-2-3-5-16(14)23-17(19)22/h2-9H,10H2,1H3,(H,18,20). The van der Waals surface area contributed by atoms with Crippen LogP contribution in [0.2, 0.25) is 0 Å². The Hall–Kier alpha value is -2.73. The molecule has 0 aliphatic carbocycles. The molecule has 0 saturated heterocycles. The topological polar surface area (TPSA) is 68.2 Å². The van der Waals surface area contributed by atoms with Crippen molar-refractivity contribution in [2.75, 3.05) is 5.32 Å². The first-order valence-corrected chi connectivity index (χ1v) is 7.85. The van der Waals surface area contributed by atoms with Gasteiger partial charge in [0.2, 0.25) is 5.91 Å². The van der Waals surface area contributed by atoms with Crippen molar-refractivity contribution in [3.63, 3.8) is 0 Å². The Balaban J connectivity index is 1.85. The number of hydrogen-bond acceptors (Lipinski definition) is 4. The average molecular weight is 326 g/mol. The maximum atomic E-state index is 12.4. The van der Waals surface area contributed by atoms with Crippen molar-refractivity contribution in [3.05, 3.63) is 63.8 Å². The number of carbonyl (C=O) groups is 2. The van der Waals surface area contributed by atoms with E-state index in [4.69, 9.17) is 0 Å². The highest BCUT2D eigenvalue weighted by Crippen LogP contribution is 2.17. The van der Waals surface area contributed by atoms with Crippen molar-refractivity contribution in [2.24, 2.45) is 0 Å². The molecule has 0 aliphatic rings. The summed E-state index contributed by atoms with van der Waals surface area (Å²) in [6.45, 7) is 1.43. The van der Waals surface area contributed by atoms with Gasteiger partial charge in [-0.15, -0.1) is 0 Å². The second-order valence-electron chi connectivity index (χ2n) is 5.10. The number of Topliss-reactive ketones (excluding diaryl/α,β-unsaturated/α-hetero) is 1. The van der Waals surface area contributed by atoms with E-state index in [2.05, 4.69) is 5.32 Å². The van der Waals surface area contributed by atoms with Gasteiger partial charge in [0.05, 0.1) is 16.8 Å². The Morgan fingerprint density at radius 1 is 1.09 bits per heavy atom. The zero-order valence-corrected chi connectivity index (χ0v) is 13.2. The Kier molecular flexibility index (Phi) is 4.08. The minimum atomic E-state index is -0.166. The van der Waals surface area contributed by atoms with Crippen LogP contribution in [-0.4, -0.2) is 16.3 Å². The van der Waals surface area contributed by atoms with E-state index < -0.39 is 0 Å². The van der Waals surface area contributed by atoms with Gasteiger partial charge in [0, 0.05) is 18.2 Å². The Morgan fingerprint density at radius 2 is 1.78 bits per heavy atom. The van der Waals surface area contributed by atoms with Crippen LogP contribution in [0.1, 0.15) is 17.3 Å². The summed E-state index contributed by atoms with van der Waals surface area (Å²) >= 11 is 1.13. The van der Waals surface area contributed by atoms with E-state index in [-0.39, 0.29) is 23.1 Å². The summed E-state index contributed by atoms with van der Waals surface area (Å²) in [6, 6.07) is 14.0. The van der Waals surface area contributed by atoms with Gasteiger partial charge in [0.1, 0.15) is 0 Å². The number of nitrogens with one attached hydrogen (secondary N) is 1. The molecule has 6 heteroatoms. The molecule has 0 radical (unpaired) electrons. The number of anilines is 1. The van der Waals surface area contributed by atoms with Crippen LogP contribution < -0.4 is 10.2 Å². The fraction of sp³-hybridized carbons (Fsp3) is 0.118. The number of ketones is 1. The molecule has 0 spiro atoms. The van der Waals surface area contributed by atoms with Crippen LogP contribution in [0.5, 0.6) is 0 Å². The van der Waals surface area contributed by atoms with E-state index in [1.54, 1.807) is 24.3 Å². The Morgan fingerprint density at radius 3 is 2.48 bits per heavy atom. The molecule has 1 amide bonds. The second kappa shape index (κ2) is 6.18. The lowest BCUT2D eigenvalue weighted by Gasteiger charge is -2.05. The van der Waals surface area contributed by atoms with Crippen molar-refractivity contribution in [1.82, 2.24) is 4.57 Å². The van der Waals surface area contributed by atoms with Crippen LogP contribution in [-0.2, 0) is 11.3 Å². The van der Waals surface area contributed by atoms with Gasteiger partial charge in [0.15, 0.2) is 5.78 Å². The van der Waals surface area contributed by atoms with Crippen molar-refractivity contribution >= 4 is 38.9 Å². The van der Waals surface area contributed by atoms with Crippen molar-refractivity contribution in [1.29, 1.82) is 0 Å². The number of aromatic nitrogens is 1. The van der Waals surface area contributed by atoms with Crippen LogP contribution in [0.15, 0.2) is 53.3 Å². The highest BCUT2D eigenvalue weighted by molar-refractivity contribution is 7.16. The molecular weight excluding hydrogens is 312 g/mol. The zero-order valence-electron chi connectivity index (χ0n) is 12.4. The van der Waals surface area contributed by atoms with E-state index in [0.717, 1.165) is 21.6 Å². The van der Waals surface area contributed by atoms with Crippen molar-refractivity contribution in [2.45, 2.75) is 13.5 Å². The number of rotatable bonds is 4. The third-order valence-electron chi connectivity index (χ3n) is 3.40. The summed E-state index contributed by atoms with van der Waals surface area (Å²) < 4.78 is 2.36. The summed E-state index contributed by atoms with van der Waals surface area (Å²) in [7, 11) is 0. The number of fused-ring (bicyclic) bond motifs is 1. The van der Waals surface area contributed by atoms with Gasteiger partial charge < -0.3 is 5.32 Å². The fourth-order valence-corrected chi connectivity index (χ4v) is 3.23. The summed E-state index contributed by atoms with van der Waals surface area (Å²) in [5.74, 6) is -0.314. The highest BCUT2D eigenvalue weighted by atomic mass is 32.1. The predicted molar refractivity (Wildman–Crippen MR) is 91.2 cm³/mol. The maximum Gasteiger partial charge on any atom is 0.308 e. The van der Waals surface area contributed by atoms with E-state index in [9.17, 15) is 14.4 Å². The number of hydrogen-bond donors (Lipinski definition) is 1. The summed E-state index contributed by atoms with van der Waals surface area (Å²) in [6.07, 6.45) is 0. The average Bonchev–Trinajstić information content (AvgIpc) is 2.83. The molecule has 0 bridgehead atoms. The monoisotopic (exact) mass is 326 g/mol. The SMILES string of the molecule is CC(=O)Nc1ccc(C(=O)Cn2c(=O)sc3ccccc32)cc1. The lowest BCUT2D eigenvalue weighted by Crippen LogP contribution is -2.19. The third kappa shape index (κ3) is 3.22. The van der Waals surface area contributed by atoms with Crippen LogP contribution in [0.3, 0.4) is 0 Å². The molecule has 5 nitrogen and oxygen atoms in total. The molecule has 1 heterocycles. The third-order valence-corrected chi connectivity index (χ3v) is 4.36. The van der Waals surface area contributed by atoms with Crippen LogP contribution in [0.25, 0.3) is 10.2 Å². The quantitative estimate of drug-likeness (QED) is 0.750. The first-order valence-electron chi connectivity index (χ1n) is 7.04. The van der Waals surface area contributed by atoms with E-state index in [0.29, 0.717) is 11.3 Å². The molecule has 3 aromatic rings. The predicted octanol–water partition coefficient (Wildman–Crippen LogP) is 2.90. The number of benzene rings is 2. The molecular formula is C17H14N2O3S. The first kappa shape index (κ1) is 15.2. The van der Waals surface area contributed by atoms with Gasteiger partial charge >= 0.3 is 4.87 Å². The number of carbonyl (C=O) groups excluding carboxylic acids is 2. The second-order valence-corrected chi connectivity index (χ2v) is 6.10. The lowest BCUT2D eigenvalue weighted by molar-refractivity contribution is -0.114. The number of amides is 1. The molecule has 116 valence electrons. The molecule has 3 rings (SSSR count). The van der Waals surface area contributed by atoms with Gasteiger partial charge in [-0.25, -0.2) is 0 Å². The van der Waals surface area contributed by atoms with E-state index >= 15 is 0 Å². The minimum Gasteiger partial charge on any atom is -0.326 e. The molecule has 1 N–H and O–H groups in total. The first-order chi connectivity index (χ1) is 11.0. The number of para-hydroxylation sites is 1. The number of thiazole rings is 1. The van der Waals surface area contributed by atoms with Gasteiger partial charge in [-0.1, -0.05) is 23.5 Å². The molecule has 1 aromatic heterocycles. The Labute approximate surface area is 136 Å². The van der Waals surface area contributed by atoms with E-state index in [1.807, 2.05) is 24.3 Å². The summed E-state index contributed by atoms with van der Waals surface area (Å²) in [5, 5.41) is 2.65. The molecule has 0 saturated carbocycles. The molecule has 23 heavy (non-hydrogen) atoms. The van der Waals surface area contributed by atoms with Gasteiger partial charge in [-0.2, -0.15) is 0 Å². The molecule has 0 atom stereocenters.